The van der Waals surface area contributed by atoms with Crippen LogP contribution in [0.2, 0.25) is 5.02 Å². The molecule has 0 saturated carbocycles. The highest BCUT2D eigenvalue weighted by Gasteiger charge is 2.18. The van der Waals surface area contributed by atoms with Crippen LogP contribution in [0, 0.1) is 0 Å². The average molecular weight is 424 g/mol. The molecule has 0 saturated heterocycles. The molecule has 0 radical (unpaired) electrons. The molecular weight excluding hydrogens is 405 g/mol. The van der Waals surface area contributed by atoms with Crippen molar-refractivity contribution in [3.63, 3.8) is 0 Å². The Bertz CT molecular complexity index is 1280. The first-order valence-corrected chi connectivity index (χ1v) is 9.71. The fourth-order valence-electron chi connectivity index (χ4n) is 3.36. The number of hydrogen-bond donors (Lipinski definition) is 2. The molecule has 8 heteroatoms. The molecule has 2 aromatic carbocycles. The third-order valence-electron chi connectivity index (χ3n) is 4.87. The molecule has 1 atom stereocenters. The van der Waals surface area contributed by atoms with Gasteiger partial charge in [-0.3, -0.25) is 9.36 Å². The van der Waals surface area contributed by atoms with Crippen LogP contribution in [0.5, 0.6) is 0 Å². The number of anilines is 2. The third kappa shape index (κ3) is 3.59. The largest absolute Gasteiger partial charge is 0.383 e. The quantitative estimate of drug-likeness (QED) is 0.487. The van der Waals surface area contributed by atoms with Gasteiger partial charge in [0.25, 0.3) is 5.56 Å². The summed E-state index contributed by atoms with van der Waals surface area (Å²) in [4.78, 5) is 21.7. The first-order valence-electron chi connectivity index (χ1n) is 9.33. The van der Waals surface area contributed by atoms with Gasteiger partial charge < -0.3 is 11.1 Å². The molecular formula is C22H19ClFN5O. The lowest BCUT2D eigenvalue weighted by molar-refractivity contribution is 0.484. The number of nitrogens with two attached hydrogens (primary N) is 1. The van der Waals surface area contributed by atoms with Gasteiger partial charge in [0.1, 0.15) is 12.5 Å². The van der Waals surface area contributed by atoms with Crippen LogP contribution < -0.4 is 16.6 Å². The molecule has 0 aliphatic carbocycles. The minimum atomic E-state index is -0.735. The van der Waals surface area contributed by atoms with Gasteiger partial charge in [0, 0.05) is 23.1 Å². The Morgan fingerprint density at radius 1 is 1.20 bits per heavy atom. The van der Waals surface area contributed by atoms with E-state index in [-0.39, 0.29) is 28.9 Å². The molecule has 4 rings (SSSR count). The molecule has 0 spiro atoms. The number of benzene rings is 2. The number of nitrogens with zero attached hydrogens (tertiary/aromatic N) is 3. The van der Waals surface area contributed by atoms with Crippen LogP contribution in [0.25, 0.3) is 16.5 Å². The number of fused-ring (bicyclic) bond motifs is 1. The first-order chi connectivity index (χ1) is 14.5. The van der Waals surface area contributed by atoms with Crippen molar-refractivity contribution in [2.24, 2.45) is 0 Å². The molecule has 0 fully saturated rings. The number of halogens is 2. The van der Waals surface area contributed by atoms with Crippen LogP contribution in [0.4, 0.5) is 16.2 Å². The van der Waals surface area contributed by atoms with E-state index in [0.717, 1.165) is 5.39 Å². The zero-order valence-corrected chi connectivity index (χ0v) is 16.9. The lowest BCUT2D eigenvalue weighted by atomic mass is 10.1. The van der Waals surface area contributed by atoms with Crippen molar-refractivity contribution in [2.75, 3.05) is 11.1 Å². The summed E-state index contributed by atoms with van der Waals surface area (Å²) in [5.74, 6) is 0.323. The molecule has 4 aromatic rings. The van der Waals surface area contributed by atoms with Gasteiger partial charge >= 0.3 is 0 Å². The molecule has 0 amide bonds. The van der Waals surface area contributed by atoms with E-state index in [0.29, 0.717) is 21.8 Å². The SMILES string of the molecule is C[C@H](Nc1ncc(CF)c(N)n1)c1cc2cccc(Cl)c2c(=O)n1-c1ccccc1. The van der Waals surface area contributed by atoms with Crippen LogP contribution in [0.3, 0.4) is 0 Å². The van der Waals surface area contributed by atoms with Crippen molar-refractivity contribution >= 4 is 34.1 Å². The summed E-state index contributed by atoms with van der Waals surface area (Å²) in [6.45, 7) is 1.15. The Kier molecular flexibility index (Phi) is 5.37. The number of pyridine rings is 1. The van der Waals surface area contributed by atoms with E-state index < -0.39 is 6.67 Å². The second-order valence-electron chi connectivity index (χ2n) is 6.85. The number of hydrogen-bond acceptors (Lipinski definition) is 5. The van der Waals surface area contributed by atoms with Crippen LogP contribution in [0.1, 0.15) is 24.2 Å². The van der Waals surface area contributed by atoms with Gasteiger partial charge in [-0.05, 0) is 36.6 Å². The van der Waals surface area contributed by atoms with Gasteiger partial charge in [0.05, 0.1) is 16.5 Å². The average Bonchev–Trinajstić information content (AvgIpc) is 2.74. The van der Waals surface area contributed by atoms with E-state index in [1.165, 1.54) is 6.20 Å². The van der Waals surface area contributed by atoms with Crippen molar-refractivity contribution in [2.45, 2.75) is 19.6 Å². The lowest BCUT2D eigenvalue weighted by Gasteiger charge is -2.21. The van der Waals surface area contributed by atoms with Crippen molar-refractivity contribution in [3.8, 4) is 5.69 Å². The Morgan fingerprint density at radius 3 is 2.67 bits per heavy atom. The number of nitrogen functional groups attached to an aromatic ring is 1. The van der Waals surface area contributed by atoms with E-state index in [1.54, 1.807) is 16.7 Å². The van der Waals surface area contributed by atoms with Crippen molar-refractivity contribution in [3.05, 3.63) is 87.4 Å². The molecule has 0 aliphatic rings. The molecule has 30 heavy (non-hydrogen) atoms. The molecule has 0 aliphatic heterocycles. The second kappa shape index (κ2) is 8.12. The number of aromatic nitrogens is 3. The Balaban J connectivity index is 1.87. The summed E-state index contributed by atoms with van der Waals surface area (Å²) in [6.07, 6.45) is 1.35. The fraction of sp³-hybridized carbons (Fsp3) is 0.136. The zero-order valence-electron chi connectivity index (χ0n) is 16.1. The van der Waals surface area contributed by atoms with E-state index in [9.17, 15) is 9.18 Å². The minimum Gasteiger partial charge on any atom is -0.383 e. The maximum atomic E-state index is 13.4. The summed E-state index contributed by atoms with van der Waals surface area (Å²) < 4.78 is 14.5. The van der Waals surface area contributed by atoms with Gasteiger partial charge in [-0.1, -0.05) is 41.9 Å². The fourth-order valence-corrected chi connectivity index (χ4v) is 3.62. The van der Waals surface area contributed by atoms with E-state index in [2.05, 4.69) is 15.3 Å². The summed E-state index contributed by atoms with van der Waals surface area (Å²) in [5.41, 5.74) is 7.19. The number of para-hydroxylation sites is 1. The molecule has 152 valence electrons. The molecule has 2 aromatic heterocycles. The zero-order chi connectivity index (χ0) is 21.3. The standard InChI is InChI=1S/C22H19ClFN5O/c1-13(27-22-26-12-15(11-24)20(25)28-22)18-10-14-6-5-9-17(23)19(14)21(30)29(18)16-7-3-2-4-8-16/h2-10,12-13H,11H2,1H3,(H3,25,26,27,28)/t13-/m0/s1. The number of alkyl halides is 1. The highest BCUT2D eigenvalue weighted by molar-refractivity contribution is 6.35. The number of nitrogens with one attached hydrogen (secondary N) is 1. The van der Waals surface area contributed by atoms with Gasteiger partial charge in [-0.2, -0.15) is 4.98 Å². The Morgan fingerprint density at radius 2 is 1.97 bits per heavy atom. The van der Waals surface area contributed by atoms with Crippen LogP contribution in [-0.4, -0.2) is 14.5 Å². The molecule has 0 bridgehead atoms. The normalized spacial score (nSPS) is 12.1. The van der Waals surface area contributed by atoms with E-state index in [1.807, 2.05) is 49.4 Å². The minimum absolute atomic E-state index is 0.0768. The third-order valence-corrected chi connectivity index (χ3v) is 5.18. The Labute approximate surface area is 177 Å². The van der Waals surface area contributed by atoms with E-state index >= 15 is 0 Å². The molecule has 3 N–H and O–H groups in total. The predicted molar refractivity (Wildman–Crippen MR) is 118 cm³/mol. The molecule has 0 unspecified atom stereocenters. The summed E-state index contributed by atoms with van der Waals surface area (Å²) >= 11 is 6.34. The highest BCUT2D eigenvalue weighted by atomic mass is 35.5. The first kappa shape index (κ1) is 19.8. The highest BCUT2D eigenvalue weighted by Crippen LogP contribution is 2.26. The lowest BCUT2D eigenvalue weighted by Crippen LogP contribution is -2.26. The predicted octanol–water partition coefficient (Wildman–Crippen LogP) is 4.66. The van der Waals surface area contributed by atoms with E-state index in [4.69, 9.17) is 17.3 Å². The maximum absolute atomic E-state index is 13.4. The van der Waals surface area contributed by atoms with Gasteiger partial charge in [0.15, 0.2) is 0 Å². The van der Waals surface area contributed by atoms with Crippen molar-refractivity contribution in [1.82, 2.24) is 14.5 Å². The van der Waals surface area contributed by atoms with Crippen LogP contribution in [0.15, 0.2) is 65.6 Å². The van der Waals surface area contributed by atoms with Crippen molar-refractivity contribution < 1.29 is 4.39 Å². The summed E-state index contributed by atoms with van der Waals surface area (Å²) in [7, 11) is 0. The van der Waals surface area contributed by atoms with Crippen LogP contribution >= 0.6 is 11.6 Å². The second-order valence-corrected chi connectivity index (χ2v) is 7.26. The Hall–Kier alpha value is -3.45. The smallest absolute Gasteiger partial charge is 0.264 e. The molecule has 6 nitrogen and oxygen atoms in total. The summed E-state index contributed by atoms with van der Waals surface area (Å²) in [5, 5.41) is 4.73. The topological polar surface area (TPSA) is 85.8 Å². The van der Waals surface area contributed by atoms with Gasteiger partial charge in [-0.25, -0.2) is 9.37 Å². The van der Waals surface area contributed by atoms with Crippen LogP contribution in [-0.2, 0) is 6.67 Å². The van der Waals surface area contributed by atoms with Gasteiger partial charge in [0.2, 0.25) is 5.95 Å². The maximum Gasteiger partial charge on any atom is 0.264 e. The van der Waals surface area contributed by atoms with Crippen molar-refractivity contribution in [1.29, 1.82) is 0 Å². The number of rotatable bonds is 5. The molecule has 2 heterocycles. The van der Waals surface area contributed by atoms with Gasteiger partial charge in [-0.15, -0.1) is 0 Å². The monoisotopic (exact) mass is 423 g/mol. The summed E-state index contributed by atoms with van der Waals surface area (Å²) in [6, 6.07) is 16.2.